The molecule has 2 rings (SSSR count). The Morgan fingerprint density at radius 2 is 2.22 bits per heavy atom. The van der Waals surface area contributed by atoms with Crippen molar-refractivity contribution >= 4 is 11.3 Å². The lowest BCUT2D eigenvalue weighted by atomic mass is 10.3. The summed E-state index contributed by atoms with van der Waals surface area (Å²) in [6.45, 7) is 8.44. The Balaban J connectivity index is 2.11. The van der Waals surface area contributed by atoms with E-state index >= 15 is 0 Å². The van der Waals surface area contributed by atoms with Crippen molar-refractivity contribution in [2.45, 2.75) is 39.8 Å². The van der Waals surface area contributed by atoms with E-state index in [1.54, 1.807) is 11.3 Å². The molecule has 0 aliphatic heterocycles. The van der Waals surface area contributed by atoms with Gasteiger partial charge in [-0.15, -0.1) is 11.3 Å². The molecule has 0 fully saturated rings. The highest BCUT2D eigenvalue weighted by Gasteiger charge is 2.11. The third kappa shape index (κ3) is 2.97. The third-order valence-electron chi connectivity index (χ3n) is 2.72. The van der Waals surface area contributed by atoms with Crippen LogP contribution in [0.1, 0.15) is 38.1 Å². The summed E-state index contributed by atoms with van der Waals surface area (Å²) >= 11 is 1.74. The van der Waals surface area contributed by atoms with Crippen molar-refractivity contribution in [1.82, 2.24) is 19.9 Å². The van der Waals surface area contributed by atoms with Crippen molar-refractivity contribution < 1.29 is 0 Å². The number of hydrogen-bond acceptors (Lipinski definition) is 4. The first-order valence-electron chi connectivity index (χ1n) is 6.40. The van der Waals surface area contributed by atoms with Crippen molar-refractivity contribution in [2.75, 3.05) is 6.54 Å². The molecule has 0 aromatic carbocycles. The number of aromatic nitrogens is 3. The van der Waals surface area contributed by atoms with Gasteiger partial charge in [-0.1, -0.05) is 6.92 Å². The zero-order valence-corrected chi connectivity index (χ0v) is 12.0. The molecular weight excluding hydrogens is 244 g/mol. The fourth-order valence-electron chi connectivity index (χ4n) is 1.78. The Hall–Kier alpha value is -1.20. The van der Waals surface area contributed by atoms with Crippen LogP contribution in [0.15, 0.2) is 18.7 Å². The summed E-state index contributed by atoms with van der Waals surface area (Å²) in [5.74, 6) is 0. The largest absolute Gasteiger partial charge is 0.326 e. The molecule has 4 nitrogen and oxygen atoms in total. The van der Waals surface area contributed by atoms with E-state index in [0.29, 0.717) is 6.04 Å². The molecule has 2 aromatic rings. The lowest BCUT2D eigenvalue weighted by Crippen LogP contribution is -2.12. The van der Waals surface area contributed by atoms with Crippen molar-refractivity contribution in [3.8, 4) is 10.7 Å². The molecule has 18 heavy (non-hydrogen) atoms. The number of rotatable bonds is 6. The second kappa shape index (κ2) is 6.11. The third-order valence-corrected chi connectivity index (χ3v) is 3.74. The maximum atomic E-state index is 4.50. The van der Waals surface area contributed by atoms with Gasteiger partial charge in [0, 0.05) is 23.7 Å². The van der Waals surface area contributed by atoms with Crippen LogP contribution < -0.4 is 5.32 Å². The van der Waals surface area contributed by atoms with E-state index in [2.05, 4.69) is 40.6 Å². The first-order valence-corrected chi connectivity index (χ1v) is 7.21. The lowest BCUT2D eigenvalue weighted by Gasteiger charge is -2.09. The van der Waals surface area contributed by atoms with Crippen LogP contribution >= 0.6 is 11.3 Å². The average Bonchev–Trinajstić information content (AvgIpc) is 2.96. The van der Waals surface area contributed by atoms with Gasteiger partial charge in [-0.25, -0.2) is 9.97 Å². The van der Waals surface area contributed by atoms with Crippen LogP contribution in [0.5, 0.6) is 0 Å². The summed E-state index contributed by atoms with van der Waals surface area (Å²) in [7, 11) is 0. The van der Waals surface area contributed by atoms with Crippen LogP contribution in [0.3, 0.4) is 0 Å². The fraction of sp³-hybridized carbons (Fsp3) is 0.538. The van der Waals surface area contributed by atoms with Gasteiger partial charge < -0.3 is 9.88 Å². The van der Waals surface area contributed by atoms with Crippen LogP contribution in [-0.2, 0) is 6.54 Å². The Morgan fingerprint density at radius 1 is 1.39 bits per heavy atom. The standard InChI is InChI=1S/C13H20N4S/c1-4-5-14-6-11-7-16-13(18-11)12-8-15-9-17(12)10(2)3/h7-10,14H,4-6H2,1-3H3. The van der Waals surface area contributed by atoms with Gasteiger partial charge in [-0.05, 0) is 26.8 Å². The highest BCUT2D eigenvalue weighted by atomic mass is 32.1. The summed E-state index contributed by atoms with van der Waals surface area (Å²) in [5, 5.41) is 4.45. The highest BCUT2D eigenvalue weighted by molar-refractivity contribution is 7.15. The predicted molar refractivity (Wildman–Crippen MR) is 75.7 cm³/mol. The van der Waals surface area contributed by atoms with Gasteiger partial charge in [0.2, 0.25) is 0 Å². The molecule has 0 aliphatic rings. The summed E-state index contributed by atoms with van der Waals surface area (Å²) < 4.78 is 2.15. The maximum Gasteiger partial charge on any atom is 0.141 e. The molecule has 0 saturated carbocycles. The van der Waals surface area contributed by atoms with Crippen molar-refractivity contribution in [3.63, 3.8) is 0 Å². The molecule has 2 heterocycles. The molecule has 0 radical (unpaired) electrons. The zero-order chi connectivity index (χ0) is 13.0. The van der Waals surface area contributed by atoms with Gasteiger partial charge in [0.1, 0.15) is 5.01 Å². The molecule has 2 aromatic heterocycles. The molecule has 0 unspecified atom stereocenters. The second-order valence-corrected chi connectivity index (χ2v) is 5.70. The summed E-state index contributed by atoms with van der Waals surface area (Å²) in [6, 6.07) is 0.410. The molecule has 0 saturated heterocycles. The molecule has 0 bridgehead atoms. The highest BCUT2D eigenvalue weighted by Crippen LogP contribution is 2.26. The van der Waals surface area contributed by atoms with Crippen molar-refractivity contribution in [2.24, 2.45) is 0 Å². The summed E-state index contributed by atoms with van der Waals surface area (Å²) in [4.78, 5) is 9.99. The first kappa shape index (κ1) is 13.2. The molecular formula is C13H20N4S. The Kier molecular flexibility index (Phi) is 4.49. The van der Waals surface area contributed by atoms with E-state index < -0.39 is 0 Å². The Labute approximate surface area is 112 Å². The van der Waals surface area contributed by atoms with E-state index in [4.69, 9.17) is 0 Å². The fourth-order valence-corrected chi connectivity index (χ4v) is 2.67. The van der Waals surface area contributed by atoms with Gasteiger partial charge in [-0.3, -0.25) is 0 Å². The van der Waals surface area contributed by atoms with Gasteiger partial charge in [0.05, 0.1) is 18.2 Å². The summed E-state index contributed by atoms with van der Waals surface area (Å²) in [5.41, 5.74) is 1.11. The molecule has 1 N–H and O–H groups in total. The SMILES string of the molecule is CCCNCc1cnc(-c2cncn2C(C)C)s1. The topological polar surface area (TPSA) is 42.7 Å². The molecule has 0 amide bonds. The average molecular weight is 264 g/mol. The molecule has 98 valence electrons. The number of imidazole rings is 1. The number of hydrogen-bond donors (Lipinski definition) is 1. The Bertz CT molecular complexity index is 487. The molecule has 0 atom stereocenters. The van der Waals surface area contributed by atoms with Crippen molar-refractivity contribution in [3.05, 3.63) is 23.6 Å². The number of thiazole rings is 1. The monoisotopic (exact) mass is 264 g/mol. The van der Waals surface area contributed by atoms with E-state index in [1.165, 1.54) is 4.88 Å². The van der Waals surface area contributed by atoms with Crippen molar-refractivity contribution in [1.29, 1.82) is 0 Å². The van der Waals surface area contributed by atoms with Crippen LogP contribution in [0.4, 0.5) is 0 Å². The van der Waals surface area contributed by atoms with E-state index in [9.17, 15) is 0 Å². The van der Waals surface area contributed by atoms with Gasteiger partial charge in [0.15, 0.2) is 0 Å². The van der Waals surface area contributed by atoms with Crippen LogP contribution in [0.2, 0.25) is 0 Å². The second-order valence-electron chi connectivity index (χ2n) is 4.59. The number of nitrogens with zero attached hydrogens (tertiary/aromatic N) is 3. The minimum atomic E-state index is 0.410. The molecule has 0 spiro atoms. The van der Waals surface area contributed by atoms with E-state index in [0.717, 1.165) is 30.2 Å². The summed E-state index contributed by atoms with van der Waals surface area (Å²) in [6.07, 6.45) is 6.88. The lowest BCUT2D eigenvalue weighted by molar-refractivity contribution is 0.605. The molecule has 0 aliphatic carbocycles. The quantitative estimate of drug-likeness (QED) is 0.815. The van der Waals surface area contributed by atoms with Gasteiger partial charge >= 0.3 is 0 Å². The normalized spacial score (nSPS) is 11.3. The minimum absolute atomic E-state index is 0.410. The Morgan fingerprint density at radius 3 is 2.94 bits per heavy atom. The molecule has 5 heteroatoms. The van der Waals surface area contributed by atoms with Crippen LogP contribution in [-0.4, -0.2) is 21.1 Å². The van der Waals surface area contributed by atoms with Crippen LogP contribution in [0, 0.1) is 0 Å². The number of nitrogens with one attached hydrogen (secondary N) is 1. The minimum Gasteiger partial charge on any atom is -0.326 e. The van der Waals surface area contributed by atoms with Gasteiger partial charge in [-0.2, -0.15) is 0 Å². The first-order chi connectivity index (χ1) is 8.72. The zero-order valence-electron chi connectivity index (χ0n) is 11.2. The van der Waals surface area contributed by atoms with E-state index in [1.807, 2.05) is 18.7 Å². The smallest absolute Gasteiger partial charge is 0.141 e. The maximum absolute atomic E-state index is 4.50. The van der Waals surface area contributed by atoms with Gasteiger partial charge in [0.25, 0.3) is 0 Å². The van der Waals surface area contributed by atoms with Crippen LogP contribution in [0.25, 0.3) is 10.7 Å². The predicted octanol–water partition coefficient (Wildman–Crippen LogP) is 3.09. The van der Waals surface area contributed by atoms with E-state index in [-0.39, 0.29) is 0 Å².